The smallest absolute Gasteiger partial charge is 0.255 e. The third kappa shape index (κ3) is 5.13. The van der Waals surface area contributed by atoms with E-state index in [2.05, 4.69) is 16.0 Å². The molecule has 4 rings (SSSR count). The zero-order valence-corrected chi connectivity index (χ0v) is 18.7. The van der Waals surface area contributed by atoms with Crippen molar-refractivity contribution in [3.8, 4) is 0 Å². The van der Waals surface area contributed by atoms with Gasteiger partial charge in [0.05, 0.1) is 11.3 Å². The molecule has 4 aromatic carbocycles. The quantitative estimate of drug-likeness (QED) is 0.359. The van der Waals surface area contributed by atoms with Crippen molar-refractivity contribution in [1.82, 2.24) is 5.32 Å². The number of carbonyl (C=O) groups excluding carboxylic acids is 3. The predicted molar refractivity (Wildman–Crippen MR) is 135 cm³/mol. The summed E-state index contributed by atoms with van der Waals surface area (Å²) in [6.45, 7) is 1.83. The fourth-order valence-electron chi connectivity index (χ4n) is 3.72. The van der Waals surface area contributed by atoms with E-state index in [-0.39, 0.29) is 17.4 Å². The SMILES string of the molecule is CC[C@H](NC(=O)c1ccccc1NC(=O)c1ccccc1)C(=O)Nc1cccc2ccccc12. The number of anilines is 2. The Labute approximate surface area is 198 Å². The Kier molecular flexibility index (Phi) is 6.98. The second-order valence-electron chi connectivity index (χ2n) is 7.82. The summed E-state index contributed by atoms with van der Waals surface area (Å²) in [6.07, 6.45) is 0.404. The fraction of sp³-hybridized carbons (Fsp3) is 0.107. The number of fused-ring (bicyclic) bond motifs is 1. The van der Waals surface area contributed by atoms with Crippen molar-refractivity contribution in [3.05, 3.63) is 108 Å². The van der Waals surface area contributed by atoms with Gasteiger partial charge in [0.25, 0.3) is 11.8 Å². The highest BCUT2D eigenvalue weighted by atomic mass is 16.2. The summed E-state index contributed by atoms with van der Waals surface area (Å²) < 4.78 is 0. The normalized spacial score (nSPS) is 11.4. The van der Waals surface area contributed by atoms with Crippen LogP contribution in [0.2, 0.25) is 0 Å². The van der Waals surface area contributed by atoms with E-state index in [0.717, 1.165) is 10.8 Å². The van der Waals surface area contributed by atoms with Gasteiger partial charge in [0.2, 0.25) is 5.91 Å². The lowest BCUT2D eigenvalue weighted by atomic mass is 10.1. The molecule has 0 fully saturated rings. The minimum Gasteiger partial charge on any atom is -0.340 e. The monoisotopic (exact) mass is 451 g/mol. The Morgan fingerprint density at radius 3 is 2.12 bits per heavy atom. The number of carbonyl (C=O) groups is 3. The van der Waals surface area contributed by atoms with Crippen LogP contribution < -0.4 is 16.0 Å². The third-order valence-corrected chi connectivity index (χ3v) is 5.53. The standard InChI is InChI=1S/C28H25N3O3/c1-2-23(28(34)31-24-18-10-14-19-11-6-7-15-21(19)24)29-27(33)22-16-8-9-17-25(22)30-26(32)20-12-4-3-5-13-20/h3-18,23H,2H2,1H3,(H,29,33)(H,30,32)(H,31,34)/t23-/m0/s1. The second kappa shape index (κ2) is 10.4. The molecular formula is C28H25N3O3. The lowest BCUT2D eigenvalue weighted by Crippen LogP contribution is -2.43. The first-order valence-electron chi connectivity index (χ1n) is 11.1. The van der Waals surface area contributed by atoms with Crippen LogP contribution in [0.5, 0.6) is 0 Å². The van der Waals surface area contributed by atoms with E-state index in [1.54, 1.807) is 48.5 Å². The zero-order chi connectivity index (χ0) is 23.9. The summed E-state index contributed by atoms with van der Waals surface area (Å²) in [5.41, 5.74) is 1.83. The number of para-hydroxylation sites is 1. The molecular weight excluding hydrogens is 426 g/mol. The van der Waals surface area contributed by atoms with E-state index in [0.29, 0.717) is 23.4 Å². The van der Waals surface area contributed by atoms with Gasteiger partial charge in [0.15, 0.2) is 0 Å². The Morgan fingerprint density at radius 1 is 0.676 bits per heavy atom. The van der Waals surface area contributed by atoms with E-state index in [1.165, 1.54) is 0 Å². The Morgan fingerprint density at radius 2 is 1.32 bits per heavy atom. The van der Waals surface area contributed by atoms with E-state index in [9.17, 15) is 14.4 Å². The molecule has 0 spiro atoms. The summed E-state index contributed by atoms with van der Waals surface area (Å²) in [7, 11) is 0. The molecule has 0 aliphatic carbocycles. The number of benzene rings is 4. The van der Waals surface area contributed by atoms with Crippen molar-refractivity contribution >= 4 is 39.9 Å². The molecule has 3 amide bonds. The van der Waals surface area contributed by atoms with Crippen LogP contribution in [0.4, 0.5) is 11.4 Å². The lowest BCUT2D eigenvalue weighted by Gasteiger charge is -2.19. The van der Waals surface area contributed by atoms with Crippen molar-refractivity contribution in [1.29, 1.82) is 0 Å². The number of hydrogen-bond acceptors (Lipinski definition) is 3. The highest BCUT2D eigenvalue weighted by molar-refractivity contribution is 6.10. The molecule has 3 N–H and O–H groups in total. The first kappa shape index (κ1) is 22.7. The number of nitrogens with one attached hydrogen (secondary N) is 3. The van der Waals surface area contributed by atoms with Gasteiger partial charge in [-0.15, -0.1) is 0 Å². The van der Waals surface area contributed by atoms with Gasteiger partial charge >= 0.3 is 0 Å². The molecule has 170 valence electrons. The minimum atomic E-state index is -0.746. The van der Waals surface area contributed by atoms with Crippen molar-refractivity contribution in [2.75, 3.05) is 10.6 Å². The van der Waals surface area contributed by atoms with E-state index in [1.807, 2.05) is 55.5 Å². The van der Waals surface area contributed by atoms with Gasteiger partial charge in [0.1, 0.15) is 6.04 Å². The summed E-state index contributed by atoms with van der Waals surface area (Å²) in [5.74, 6) is -1.07. The molecule has 4 aromatic rings. The molecule has 0 aliphatic heterocycles. The molecule has 0 heterocycles. The van der Waals surface area contributed by atoms with Gasteiger partial charge in [-0.3, -0.25) is 14.4 Å². The Bertz CT molecular complexity index is 1330. The molecule has 6 nitrogen and oxygen atoms in total. The number of rotatable bonds is 7. The maximum atomic E-state index is 13.1. The van der Waals surface area contributed by atoms with E-state index < -0.39 is 11.9 Å². The molecule has 0 aromatic heterocycles. The largest absolute Gasteiger partial charge is 0.340 e. The topological polar surface area (TPSA) is 87.3 Å². The van der Waals surface area contributed by atoms with Crippen LogP contribution in [0, 0.1) is 0 Å². The average Bonchev–Trinajstić information content (AvgIpc) is 2.88. The molecule has 6 heteroatoms. The maximum Gasteiger partial charge on any atom is 0.255 e. The number of amides is 3. The summed E-state index contributed by atoms with van der Waals surface area (Å²) in [4.78, 5) is 38.7. The van der Waals surface area contributed by atoms with Crippen molar-refractivity contribution in [3.63, 3.8) is 0 Å². The van der Waals surface area contributed by atoms with Crippen LogP contribution in [-0.4, -0.2) is 23.8 Å². The summed E-state index contributed by atoms with van der Waals surface area (Å²) >= 11 is 0. The lowest BCUT2D eigenvalue weighted by molar-refractivity contribution is -0.118. The molecule has 34 heavy (non-hydrogen) atoms. The van der Waals surface area contributed by atoms with Crippen LogP contribution in [0.15, 0.2) is 97.1 Å². The van der Waals surface area contributed by atoms with Crippen LogP contribution in [0.3, 0.4) is 0 Å². The second-order valence-corrected chi connectivity index (χ2v) is 7.82. The molecule has 0 bridgehead atoms. The van der Waals surface area contributed by atoms with E-state index in [4.69, 9.17) is 0 Å². The third-order valence-electron chi connectivity index (χ3n) is 5.53. The van der Waals surface area contributed by atoms with Gasteiger partial charge in [0, 0.05) is 16.6 Å². The predicted octanol–water partition coefficient (Wildman–Crippen LogP) is 5.24. The van der Waals surface area contributed by atoms with Crippen LogP contribution >= 0.6 is 0 Å². The van der Waals surface area contributed by atoms with Gasteiger partial charge in [-0.25, -0.2) is 0 Å². The van der Waals surface area contributed by atoms with E-state index >= 15 is 0 Å². The Hall–Kier alpha value is -4.45. The highest BCUT2D eigenvalue weighted by Gasteiger charge is 2.22. The molecule has 1 atom stereocenters. The molecule has 0 saturated heterocycles. The first-order chi connectivity index (χ1) is 16.6. The van der Waals surface area contributed by atoms with Crippen LogP contribution in [-0.2, 0) is 4.79 Å². The minimum absolute atomic E-state index is 0.281. The molecule has 0 aliphatic rings. The molecule has 0 radical (unpaired) electrons. The fourth-order valence-corrected chi connectivity index (χ4v) is 3.72. The van der Waals surface area contributed by atoms with Crippen molar-refractivity contribution < 1.29 is 14.4 Å². The summed E-state index contributed by atoms with van der Waals surface area (Å²) in [5, 5.41) is 10.5. The van der Waals surface area contributed by atoms with Crippen LogP contribution in [0.1, 0.15) is 34.1 Å². The van der Waals surface area contributed by atoms with Crippen LogP contribution in [0.25, 0.3) is 10.8 Å². The zero-order valence-electron chi connectivity index (χ0n) is 18.7. The summed E-state index contributed by atoms with van der Waals surface area (Å²) in [6, 6.07) is 28.2. The molecule has 0 saturated carbocycles. The van der Waals surface area contributed by atoms with Gasteiger partial charge in [-0.1, -0.05) is 73.7 Å². The molecule has 0 unspecified atom stereocenters. The van der Waals surface area contributed by atoms with Gasteiger partial charge in [-0.05, 0) is 42.1 Å². The number of hydrogen-bond donors (Lipinski definition) is 3. The highest BCUT2D eigenvalue weighted by Crippen LogP contribution is 2.23. The average molecular weight is 452 g/mol. The van der Waals surface area contributed by atoms with Crippen molar-refractivity contribution in [2.45, 2.75) is 19.4 Å². The van der Waals surface area contributed by atoms with Gasteiger partial charge in [-0.2, -0.15) is 0 Å². The van der Waals surface area contributed by atoms with Crippen molar-refractivity contribution in [2.24, 2.45) is 0 Å². The Balaban J connectivity index is 1.49. The first-order valence-corrected chi connectivity index (χ1v) is 11.1. The maximum absolute atomic E-state index is 13.1. The van der Waals surface area contributed by atoms with Gasteiger partial charge < -0.3 is 16.0 Å².